The third-order valence-electron chi connectivity index (χ3n) is 3.86. The van der Waals surface area contributed by atoms with E-state index >= 15 is 0 Å². The number of amides is 1. The maximum atomic E-state index is 12.1. The van der Waals surface area contributed by atoms with Crippen molar-refractivity contribution in [2.45, 2.75) is 32.4 Å². The third-order valence-corrected chi connectivity index (χ3v) is 3.86. The molecule has 0 bridgehead atoms. The van der Waals surface area contributed by atoms with Gasteiger partial charge in [-0.3, -0.25) is 4.79 Å². The molecule has 0 unspecified atom stereocenters. The van der Waals surface area contributed by atoms with Crippen LogP contribution < -0.4 is 10.2 Å². The van der Waals surface area contributed by atoms with Crippen LogP contribution >= 0.6 is 0 Å². The smallest absolute Gasteiger partial charge is 0.273 e. The highest BCUT2D eigenvalue weighted by molar-refractivity contribution is 5.92. The predicted molar refractivity (Wildman–Crippen MR) is 84.1 cm³/mol. The number of β-amino-alcohol motifs (C(OH)–C–C–N with tert-alkyl or cyclic N) is 1. The van der Waals surface area contributed by atoms with E-state index in [4.69, 9.17) is 4.52 Å². The second-order valence-electron chi connectivity index (χ2n) is 5.73. The van der Waals surface area contributed by atoms with E-state index in [2.05, 4.69) is 20.4 Å². The molecular formula is C16H20N4O3. The Morgan fingerprint density at radius 2 is 2.43 bits per heavy atom. The summed E-state index contributed by atoms with van der Waals surface area (Å²) < 4.78 is 4.91. The lowest BCUT2D eigenvalue weighted by molar-refractivity contribution is 0.0941. The highest BCUT2D eigenvalue weighted by Gasteiger charge is 2.21. The van der Waals surface area contributed by atoms with Crippen molar-refractivity contribution in [1.29, 1.82) is 0 Å². The van der Waals surface area contributed by atoms with Crippen LogP contribution in [0, 0.1) is 6.92 Å². The van der Waals surface area contributed by atoms with Gasteiger partial charge in [-0.1, -0.05) is 11.2 Å². The molecule has 1 aliphatic rings. The lowest BCUT2D eigenvalue weighted by atomic mass is 10.1. The summed E-state index contributed by atoms with van der Waals surface area (Å²) in [6.07, 6.45) is 3.15. The molecule has 0 spiro atoms. The van der Waals surface area contributed by atoms with Gasteiger partial charge in [0, 0.05) is 37.5 Å². The number of aromatic nitrogens is 2. The number of aryl methyl sites for hydroxylation is 1. The minimum absolute atomic E-state index is 0.265. The van der Waals surface area contributed by atoms with Gasteiger partial charge in [-0.15, -0.1) is 0 Å². The van der Waals surface area contributed by atoms with Gasteiger partial charge in [-0.25, -0.2) is 4.98 Å². The van der Waals surface area contributed by atoms with E-state index in [9.17, 15) is 9.90 Å². The van der Waals surface area contributed by atoms with E-state index in [0.29, 0.717) is 18.8 Å². The summed E-state index contributed by atoms with van der Waals surface area (Å²) >= 11 is 0. The molecule has 23 heavy (non-hydrogen) atoms. The van der Waals surface area contributed by atoms with Crippen LogP contribution in [-0.2, 0) is 6.54 Å². The Hall–Kier alpha value is -2.41. The summed E-state index contributed by atoms with van der Waals surface area (Å²) in [6.45, 7) is 3.52. The quantitative estimate of drug-likeness (QED) is 0.882. The summed E-state index contributed by atoms with van der Waals surface area (Å²) in [5.41, 5.74) is 1.18. The first-order chi connectivity index (χ1) is 11.1. The zero-order valence-corrected chi connectivity index (χ0v) is 13.0. The van der Waals surface area contributed by atoms with Crippen molar-refractivity contribution in [2.24, 2.45) is 0 Å². The Balaban J connectivity index is 1.69. The lowest BCUT2D eigenvalue weighted by Gasteiger charge is -2.32. The van der Waals surface area contributed by atoms with Gasteiger partial charge in [-0.2, -0.15) is 0 Å². The van der Waals surface area contributed by atoms with Crippen LogP contribution in [0.2, 0.25) is 0 Å². The van der Waals surface area contributed by atoms with Gasteiger partial charge >= 0.3 is 0 Å². The van der Waals surface area contributed by atoms with E-state index in [-0.39, 0.29) is 17.7 Å². The molecule has 1 aliphatic heterocycles. The SMILES string of the molecule is Cc1cc(C(=O)NCc2cccnc2N2CCC[C@@H](O)C2)no1. The van der Waals surface area contributed by atoms with E-state index in [1.54, 1.807) is 19.2 Å². The number of carbonyl (C=O) groups excluding carboxylic acids is 1. The average molecular weight is 316 g/mol. The predicted octanol–water partition coefficient (Wildman–Crippen LogP) is 1.27. The Morgan fingerprint density at radius 3 is 3.17 bits per heavy atom. The molecule has 0 aliphatic carbocycles. The fourth-order valence-electron chi connectivity index (χ4n) is 2.74. The van der Waals surface area contributed by atoms with E-state index in [0.717, 1.165) is 30.8 Å². The number of anilines is 1. The number of rotatable bonds is 4. The van der Waals surface area contributed by atoms with Crippen molar-refractivity contribution >= 4 is 11.7 Å². The number of hydrogen-bond donors (Lipinski definition) is 2. The topological polar surface area (TPSA) is 91.5 Å². The van der Waals surface area contributed by atoms with Crippen LogP contribution in [0.25, 0.3) is 0 Å². The number of pyridine rings is 1. The molecule has 2 aromatic heterocycles. The Labute approximate surface area is 134 Å². The number of aliphatic hydroxyl groups excluding tert-OH is 1. The molecule has 7 nitrogen and oxygen atoms in total. The summed E-state index contributed by atoms with van der Waals surface area (Å²) in [5, 5.41) is 16.4. The summed E-state index contributed by atoms with van der Waals surface area (Å²) in [6, 6.07) is 5.36. The van der Waals surface area contributed by atoms with Gasteiger partial charge in [0.05, 0.1) is 6.10 Å². The highest BCUT2D eigenvalue weighted by atomic mass is 16.5. The first-order valence-electron chi connectivity index (χ1n) is 7.72. The highest BCUT2D eigenvalue weighted by Crippen LogP contribution is 2.21. The van der Waals surface area contributed by atoms with Crippen molar-refractivity contribution in [1.82, 2.24) is 15.5 Å². The van der Waals surface area contributed by atoms with Gasteiger partial charge in [-0.05, 0) is 25.8 Å². The molecule has 1 saturated heterocycles. The van der Waals surface area contributed by atoms with Crippen molar-refractivity contribution in [2.75, 3.05) is 18.0 Å². The van der Waals surface area contributed by atoms with Crippen LogP contribution in [-0.4, -0.2) is 40.3 Å². The molecule has 2 aromatic rings. The maximum Gasteiger partial charge on any atom is 0.273 e. The summed E-state index contributed by atoms with van der Waals surface area (Å²) in [5.74, 6) is 1.12. The Bertz CT molecular complexity index is 685. The number of nitrogens with one attached hydrogen (secondary N) is 1. The molecule has 2 N–H and O–H groups in total. The van der Waals surface area contributed by atoms with Crippen molar-refractivity contribution in [3.05, 3.63) is 41.4 Å². The van der Waals surface area contributed by atoms with Gasteiger partial charge < -0.3 is 19.8 Å². The molecule has 0 radical (unpaired) electrons. The minimum atomic E-state index is -0.327. The fourth-order valence-corrected chi connectivity index (χ4v) is 2.74. The number of carbonyl (C=O) groups is 1. The monoisotopic (exact) mass is 316 g/mol. The molecule has 122 valence electrons. The number of hydrogen-bond acceptors (Lipinski definition) is 6. The largest absolute Gasteiger partial charge is 0.391 e. The van der Waals surface area contributed by atoms with Crippen LogP contribution in [0.1, 0.15) is 34.7 Å². The number of aliphatic hydroxyl groups is 1. The standard InChI is InChI=1S/C16H20N4O3/c1-11-8-14(19-23-11)16(22)18-9-12-4-2-6-17-15(12)20-7-3-5-13(21)10-20/h2,4,6,8,13,21H,3,5,7,9-10H2,1H3,(H,18,22)/t13-/m1/s1. The number of nitrogens with zero attached hydrogens (tertiary/aromatic N) is 3. The molecule has 0 saturated carbocycles. The molecule has 3 heterocycles. The van der Waals surface area contributed by atoms with Crippen molar-refractivity contribution in [3.8, 4) is 0 Å². The van der Waals surface area contributed by atoms with Crippen molar-refractivity contribution in [3.63, 3.8) is 0 Å². The molecule has 7 heteroatoms. The van der Waals surface area contributed by atoms with E-state index in [1.165, 1.54) is 0 Å². The van der Waals surface area contributed by atoms with Crippen LogP contribution in [0.5, 0.6) is 0 Å². The first kappa shape index (κ1) is 15.5. The zero-order chi connectivity index (χ0) is 16.2. The average Bonchev–Trinajstić information content (AvgIpc) is 2.99. The second-order valence-corrected chi connectivity index (χ2v) is 5.73. The lowest BCUT2D eigenvalue weighted by Crippen LogP contribution is -2.39. The van der Waals surface area contributed by atoms with Crippen LogP contribution in [0.15, 0.2) is 28.9 Å². The molecule has 3 rings (SSSR count). The van der Waals surface area contributed by atoms with E-state index in [1.807, 2.05) is 12.1 Å². The summed E-state index contributed by atoms with van der Waals surface area (Å²) in [7, 11) is 0. The first-order valence-corrected chi connectivity index (χ1v) is 7.72. The van der Waals surface area contributed by atoms with Gasteiger partial charge in [0.15, 0.2) is 5.69 Å². The normalized spacial score (nSPS) is 18.0. The maximum absolute atomic E-state index is 12.1. The Kier molecular flexibility index (Phi) is 4.57. The van der Waals surface area contributed by atoms with Gasteiger partial charge in [0.25, 0.3) is 5.91 Å². The third kappa shape index (κ3) is 3.68. The van der Waals surface area contributed by atoms with Gasteiger partial charge in [0.2, 0.25) is 0 Å². The van der Waals surface area contributed by atoms with Crippen LogP contribution in [0.4, 0.5) is 5.82 Å². The zero-order valence-electron chi connectivity index (χ0n) is 13.0. The molecule has 1 amide bonds. The molecule has 0 aromatic carbocycles. The fraction of sp³-hybridized carbons (Fsp3) is 0.438. The van der Waals surface area contributed by atoms with Crippen LogP contribution in [0.3, 0.4) is 0 Å². The second kappa shape index (κ2) is 6.78. The molecular weight excluding hydrogens is 296 g/mol. The van der Waals surface area contributed by atoms with Crippen molar-refractivity contribution < 1.29 is 14.4 Å². The van der Waals surface area contributed by atoms with Gasteiger partial charge in [0.1, 0.15) is 11.6 Å². The molecule has 1 fully saturated rings. The molecule has 1 atom stereocenters. The Morgan fingerprint density at radius 1 is 1.57 bits per heavy atom. The van der Waals surface area contributed by atoms with E-state index < -0.39 is 0 Å². The minimum Gasteiger partial charge on any atom is -0.391 e. The summed E-state index contributed by atoms with van der Waals surface area (Å²) in [4.78, 5) is 18.5. The number of piperidine rings is 1.